The molecule has 0 aromatic heterocycles. The highest BCUT2D eigenvalue weighted by Gasteiger charge is 2.11. The molecule has 14 heavy (non-hydrogen) atoms. The number of nitrogen functional groups attached to an aromatic ring is 1. The molecule has 76 valence electrons. The summed E-state index contributed by atoms with van der Waals surface area (Å²) in [5.41, 5.74) is 6.26. The van der Waals surface area contributed by atoms with E-state index >= 15 is 0 Å². The number of rotatable bonds is 2. The van der Waals surface area contributed by atoms with E-state index in [1.54, 1.807) is 13.8 Å². The van der Waals surface area contributed by atoms with Crippen molar-refractivity contribution in [3.8, 4) is 0 Å². The van der Waals surface area contributed by atoms with Gasteiger partial charge in [-0.3, -0.25) is 0 Å². The van der Waals surface area contributed by atoms with Crippen LogP contribution in [-0.2, 0) is 4.74 Å². The number of ether oxygens (including phenoxy) is 1. The van der Waals surface area contributed by atoms with Crippen LogP contribution in [0.15, 0.2) is 12.1 Å². The molecule has 0 aliphatic rings. The lowest BCUT2D eigenvalue weighted by molar-refractivity contribution is 0.0526. The predicted octanol–water partition coefficient (Wildman–Crippen LogP) is 1.89. The molecule has 2 N–H and O–H groups in total. The van der Waals surface area contributed by atoms with Crippen molar-refractivity contribution in [3.05, 3.63) is 29.1 Å². The second-order valence-corrected chi connectivity index (χ2v) is 2.89. The molecule has 1 rings (SSSR count). The molecule has 1 aromatic carbocycles. The van der Waals surface area contributed by atoms with Crippen LogP contribution in [0.5, 0.6) is 0 Å². The van der Waals surface area contributed by atoms with Gasteiger partial charge in [0.1, 0.15) is 5.82 Å². The lowest BCUT2D eigenvalue weighted by Crippen LogP contribution is -2.07. The number of nitrogens with two attached hydrogens (primary N) is 1. The highest BCUT2D eigenvalue weighted by atomic mass is 19.1. The van der Waals surface area contributed by atoms with Crippen molar-refractivity contribution in [1.82, 2.24) is 0 Å². The number of esters is 1. The Balaban J connectivity index is 3.06. The minimum absolute atomic E-state index is 0.146. The average molecular weight is 197 g/mol. The van der Waals surface area contributed by atoms with E-state index in [-0.39, 0.29) is 17.9 Å². The van der Waals surface area contributed by atoms with Gasteiger partial charge in [-0.15, -0.1) is 0 Å². The zero-order valence-electron chi connectivity index (χ0n) is 8.13. The number of anilines is 1. The standard InChI is InChI=1S/C10H12FNO2/c1-3-14-10(13)7-4-8(11)6(2)9(12)5-7/h4-5H,3,12H2,1-2H3. The molecule has 0 spiro atoms. The molecule has 1 aromatic rings. The summed E-state index contributed by atoms with van der Waals surface area (Å²) >= 11 is 0. The Morgan fingerprint density at radius 3 is 2.71 bits per heavy atom. The van der Waals surface area contributed by atoms with Gasteiger partial charge in [0.25, 0.3) is 0 Å². The summed E-state index contributed by atoms with van der Waals surface area (Å²) in [6.07, 6.45) is 0. The topological polar surface area (TPSA) is 52.3 Å². The molecular weight excluding hydrogens is 185 g/mol. The summed E-state index contributed by atoms with van der Waals surface area (Å²) in [6.45, 7) is 3.50. The molecule has 0 atom stereocenters. The van der Waals surface area contributed by atoms with E-state index in [0.29, 0.717) is 5.56 Å². The number of halogens is 1. The molecule has 0 radical (unpaired) electrons. The highest BCUT2D eigenvalue weighted by molar-refractivity contribution is 5.90. The van der Waals surface area contributed by atoms with E-state index in [0.717, 1.165) is 6.07 Å². The summed E-state index contributed by atoms with van der Waals surface area (Å²) in [6, 6.07) is 2.54. The number of carbonyl (C=O) groups is 1. The number of benzene rings is 1. The van der Waals surface area contributed by atoms with Gasteiger partial charge in [-0.2, -0.15) is 0 Å². The summed E-state index contributed by atoms with van der Waals surface area (Å²) in [5, 5.41) is 0. The van der Waals surface area contributed by atoms with Crippen LogP contribution in [0, 0.1) is 12.7 Å². The fraction of sp³-hybridized carbons (Fsp3) is 0.300. The fourth-order valence-corrected chi connectivity index (χ4v) is 1.03. The first kappa shape index (κ1) is 10.5. The molecule has 0 bridgehead atoms. The highest BCUT2D eigenvalue weighted by Crippen LogP contribution is 2.17. The SMILES string of the molecule is CCOC(=O)c1cc(N)c(C)c(F)c1. The Morgan fingerprint density at radius 1 is 1.57 bits per heavy atom. The largest absolute Gasteiger partial charge is 0.462 e. The third-order valence-corrected chi connectivity index (χ3v) is 1.90. The first-order valence-electron chi connectivity index (χ1n) is 4.29. The lowest BCUT2D eigenvalue weighted by atomic mass is 10.1. The van der Waals surface area contributed by atoms with Crippen molar-refractivity contribution in [3.63, 3.8) is 0 Å². The minimum Gasteiger partial charge on any atom is -0.462 e. The van der Waals surface area contributed by atoms with Crippen LogP contribution < -0.4 is 5.73 Å². The van der Waals surface area contributed by atoms with Gasteiger partial charge in [-0.25, -0.2) is 9.18 Å². The van der Waals surface area contributed by atoms with Crippen molar-refractivity contribution in [2.75, 3.05) is 12.3 Å². The molecule has 3 nitrogen and oxygen atoms in total. The number of hydrogen-bond donors (Lipinski definition) is 1. The van der Waals surface area contributed by atoms with Gasteiger partial charge < -0.3 is 10.5 Å². The monoisotopic (exact) mass is 197 g/mol. The summed E-state index contributed by atoms with van der Waals surface area (Å²) in [5.74, 6) is -1.05. The normalized spacial score (nSPS) is 9.93. The number of hydrogen-bond acceptors (Lipinski definition) is 3. The van der Waals surface area contributed by atoms with Gasteiger partial charge in [0.15, 0.2) is 0 Å². The van der Waals surface area contributed by atoms with Crippen LogP contribution in [-0.4, -0.2) is 12.6 Å². The molecule has 0 heterocycles. The van der Waals surface area contributed by atoms with Crippen LogP contribution >= 0.6 is 0 Å². The maximum Gasteiger partial charge on any atom is 0.338 e. The van der Waals surface area contributed by atoms with Gasteiger partial charge >= 0.3 is 5.97 Å². The summed E-state index contributed by atoms with van der Waals surface area (Å²) in [7, 11) is 0. The van der Waals surface area contributed by atoms with Crippen molar-refractivity contribution >= 4 is 11.7 Å². The van der Waals surface area contributed by atoms with Crippen molar-refractivity contribution in [1.29, 1.82) is 0 Å². The van der Waals surface area contributed by atoms with E-state index in [9.17, 15) is 9.18 Å². The Bertz CT molecular complexity index is 340. The first-order chi connectivity index (χ1) is 6.56. The third kappa shape index (κ3) is 2.02. The van der Waals surface area contributed by atoms with Crippen molar-refractivity contribution < 1.29 is 13.9 Å². The van der Waals surface area contributed by atoms with Gasteiger partial charge in [0.05, 0.1) is 12.2 Å². The van der Waals surface area contributed by atoms with Gasteiger partial charge in [-0.1, -0.05) is 0 Å². The first-order valence-corrected chi connectivity index (χ1v) is 4.29. The van der Waals surface area contributed by atoms with Gasteiger partial charge in [0, 0.05) is 11.3 Å². The maximum atomic E-state index is 13.2. The molecular formula is C10H12FNO2. The van der Waals surface area contributed by atoms with E-state index in [1.807, 2.05) is 0 Å². The predicted molar refractivity (Wildman–Crippen MR) is 51.5 cm³/mol. The average Bonchev–Trinajstić information content (AvgIpc) is 2.13. The van der Waals surface area contributed by atoms with Crippen molar-refractivity contribution in [2.24, 2.45) is 0 Å². The van der Waals surface area contributed by atoms with Gasteiger partial charge in [0.2, 0.25) is 0 Å². The second-order valence-electron chi connectivity index (χ2n) is 2.89. The second kappa shape index (κ2) is 4.09. The molecule has 0 amide bonds. The minimum atomic E-state index is -0.557. The van der Waals surface area contributed by atoms with Crippen LogP contribution in [0.2, 0.25) is 0 Å². The fourth-order valence-electron chi connectivity index (χ4n) is 1.03. The van der Waals surface area contributed by atoms with Crippen LogP contribution in [0.25, 0.3) is 0 Å². The van der Waals surface area contributed by atoms with Crippen molar-refractivity contribution in [2.45, 2.75) is 13.8 Å². The van der Waals surface area contributed by atoms with E-state index < -0.39 is 11.8 Å². The van der Waals surface area contributed by atoms with E-state index in [4.69, 9.17) is 10.5 Å². The van der Waals surface area contributed by atoms with Crippen LogP contribution in [0.4, 0.5) is 10.1 Å². The molecule has 0 saturated heterocycles. The summed E-state index contributed by atoms with van der Waals surface area (Å²) in [4.78, 5) is 11.2. The third-order valence-electron chi connectivity index (χ3n) is 1.90. The number of carbonyl (C=O) groups excluding carboxylic acids is 1. The van der Waals surface area contributed by atoms with Crippen LogP contribution in [0.1, 0.15) is 22.8 Å². The maximum absolute atomic E-state index is 13.2. The Kier molecular flexibility index (Phi) is 3.06. The Morgan fingerprint density at radius 2 is 2.21 bits per heavy atom. The molecule has 0 fully saturated rings. The molecule has 0 saturated carbocycles. The van der Waals surface area contributed by atoms with E-state index in [1.165, 1.54) is 6.07 Å². The van der Waals surface area contributed by atoms with Crippen LogP contribution in [0.3, 0.4) is 0 Å². The quantitative estimate of drug-likeness (QED) is 0.581. The Hall–Kier alpha value is -1.58. The van der Waals surface area contributed by atoms with Gasteiger partial charge in [-0.05, 0) is 26.0 Å². The molecule has 4 heteroatoms. The molecule has 0 unspecified atom stereocenters. The summed E-state index contributed by atoms with van der Waals surface area (Å²) < 4.78 is 17.9. The van der Waals surface area contributed by atoms with E-state index in [2.05, 4.69) is 0 Å². The lowest BCUT2D eigenvalue weighted by Gasteiger charge is -2.05. The Labute approximate surface area is 81.7 Å². The zero-order chi connectivity index (χ0) is 10.7. The zero-order valence-corrected chi connectivity index (χ0v) is 8.13. The molecule has 0 aliphatic carbocycles. The smallest absolute Gasteiger partial charge is 0.338 e. The molecule has 0 aliphatic heterocycles.